The number of rotatable bonds is 6. The number of carbonyl (C=O) groups is 1. The van der Waals surface area contributed by atoms with Gasteiger partial charge >= 0.3 is 6.09 Å². The molecule has 1 atom stereocenters. The van der Waals surface area contributed by atoms with E-state index in [1.165, 1.54) is 0 Å². The van der Waals surface area contributed by atoms with Gasteiger partial charge in [0.2, 0.25) is 0 Å². The lowest BCUT2D eigenvalue weighted by molar-refractivity contribution is 0.104. The predicted octanol–water partition coefficient (Wildman–Crippen LogP) is 3.40. The van der Waals surface area contributed by atoms with Gasteiger partial charge in [0.15, 0.2) is 0 Å². The first kappa shape index (κ1) is 17.8. The molecule has 2 N–H and O–H groups in total. The van der Waals surface area contributed by atoms with Crippen molar-refractivity contribution in [1.82, 2.24) is 10.3 Å². The second kappa shape index (κ2) is 9.63. The van der Waals surface area contributed by atoms with Gasteiger partial charge in [0, 0.05) is 12.7 Å². The van der Waals surface area contributed by atoms with Gasteiger partial charge in [-0.15, -0.1) is 12.4 Å². The van der Waals surface area contributed by atoms with Crippen molar-refractivity contribution in [3.63, 3.8) is 0 Å². The molecule has 0 saturated heterocycles. The molecule has 22 heavy (non-hydrogen) atoms. The number of aromatic nitrogens is 1. The molecule has 6 heteroatoms. The zero-order chi connectivity index (χ0) is 14.9. The Bertz CT molecular complexity index is 552. The van der Waals surface area contributed by atoms with E-state index in [1.807, 2.05) is 55.5 Å². The van der Waals surface area contributed by atoms with Crippen molar-refractivity contribution in [2.75, 3.05) is 18.4 Å². The fourth-order valence-corrected chi connectivity index (χ4v) is 1.88. The number of benzene rings is 1. The van der Waals surface area contributed by atoms with Crippen molar-refractivity contribution in [3.8, 4) is 0 Å². The van der Waals surface area contributed by atoms with Crippen molar-refractivity contribution in [3.05, 3.63) is 60.3 Å². The van der Waals surface area contributed by atoms with Gasteiger partial charge in [-0.25, -0.2) is 9.78 Å². The van der Waals surface area contributed by atoms with Crippen molar-refractivity contribution in [2.24, 2.45) is 0 Å². The zero-order valence-electron chi connectivity index (χ0n) is 12.4. The molecule has 0 saturated carbocycles. The van der Waals surface area contributed by atoms with Crippen LogP contribution >= 0.6 is 12.4 Å². The highest BCUT2D eigenvalue weighted by Gasteiger charge is 2.16. The van der Waals surface area contributed by atoms with Crippen LogP contribution in [0.2, 0.25) is 0 Å². The van der Waals surface area contributed by atoms with Gasteiger partial charge < -0.3 is 15.4 Å². The minimum absolute atomic E-state index is 0. The molecule has 0 aliphatic rings. The number of hydrogen-bond donors (Lipinski definition) is 2. The van der Waals surface area contributed by atoms with E-state index < -0.39 is 6.09 Å². The maximum absolute atomic E-state index is 11.7. The first-order chi connectivity index (χ1) is 10.3. The average Bonchev–Trinajstić information content (AvgIpc) is 2.53. The van der Waals surface area contributed by atoms with Crippen molar-refractivity contribution in [1.29, 1.82) is 0 Å². The van der Waals surface area contributed by atoms with Crippen molar-refractivity contribution < 1.29 is 9.53 Å². The van der Waals surface area contributed by atoms with Crippen LogP contribution in [-0.4, -0.2) is 24.2 Å². The maximum atomic E-state index is 11.7. The Morgan fingerprint density at radius 2 is 1.91 bits per heavy atom. The quantitative estimate of drug-likeness (QED) is 0.856. The Hall–Kier alpha value is -2.27. The second-order valence-electron chi connectivity index (χ2n) is 4.43. The molecular weight excluding hydrogens is 302 g/mol. The summed E-state index contributed by atoms with van der Waals surface area (Å²) in [5.41, 5.74) is 0.937. The van der Waals surface area contributed by atoms with Gasteiger partial charge in [-0.3, -0.25) is 0 Å². The smallest absolute Gasteiger partial charge is 0.407 e. The lowest BCUT2D eigenvalue weighted by Gasteiger charge is -2.19. The number of nitrogens with zero attached hydrogens (tertiary/aromatic N) is 1. The number of nitrogens with one attached hydrogen (secondary N) is 2. The number of ether oxygens (including phenoxy) is 1. The number of amides is 1. The Morgan fingerprint density at radius 1 is 1.18 bits per heavy atom. The van der Waals surface area contributed by atoms with Crippen LogP contribution < -0.4 is 10.6 Å². The number of pyridine rings is 1. The molecule has 0 aliphatic carbocycles. The van der Waals surface area contributed by atoms with Crippen LogP contribution in [0.25, 0.3) is 0 Å². The SMILES string of the molecule is CCNC(=O)OC(CNc1ccccn1)c1ccccc1.Cl. The maximum Gasteiger partial charge on any atom is 0.407 e. The number of anilines is 1. The standard InChI is InChI=1S/C16H19N3O2.ClH/c1-2-17-16(20)21-14(13-8-4-3-5-9-13)12-19-15-10-6-7-11-18-15;/h3-11,14H,2,12H2,1H3,(H,17,20)(H,18,19);1H. The number of alkyl carbamates (subject to hydrolysis) is 1. The van der Waals surface area contributed by atoms with E-state index in [1.54, 1.807) is 6.20 Å². The molecule has 0 spiro atoms. The van der Waals surface area contributed by atoms with Gasteiger partial charge in [-0.2, -0.15) is 0 Å². The third-order valence-electron chi connectivity index (χ3n) is 2.88. The average molecular weight is 322 g/mol. The summed E-state index contributed by atoms with van der Waals surface area (Å²) >= 11 is 0. The van der Waals surface area contributed by atoms with Gasteiger partial charge in [0.05, 0.1) is 6.54 Å². The van der Waals surface area contributed by atoms with E-state index in [9.17, 15) is 4.79 Å². The lowest BCUT2D eigenvalue weighted by atomic mass is 10.1. The highest BCUT2D eigenvalue weighted by atomic mass is 35.5. The Balaban J connectivity index is 0.00000242. The minimum Gasteiger partial charge on any atom is -0.439 e. The van der Waals surface area contributed by atoms with Crippen molar-refractivity contribution in [2.45, 2.75) is 13.0 Å². The molecule has 1 heterocycles. The fourth-order valence-electron chi connectivity index (χ4n) is 1.88. The Morgan fingerprint density at radius 3 is 2.55 bits per heavy atom. The zero-order valence-corrected chi connectivity index (χ0v) is 13.2. The largest absolute Gasteiger partial charge is 0.439 e. The van der Waals surface area contributed by atoms with Crippen LogP contribution in [0.5, 0.6) is 0 Å². The number of hydrogen-bond acceptors (Lipinski definition) is 4. The third kappa shape index (κ3) is 5.61. The molecule has 0 aliphatic heterocycles. The third-order valence-corrected chi connectivity index (χ3v) is 2.88. The van der Waals surface area contributed by atoms with E-state index in [4.69, 9.17) is 4.74 Å². The van der Waals surface area contributed by atoms with E-state index in [0.717, 1.165) is 11.4 Å². The summed E-state index contributed by atoms with van der Waals surface area (Å²) in [4.78, 5) is 15.9. The molecule has 0 fully saturated rings. The molecule has 0 radical (unpaired) electrons. The first-order valence-electron chi connectivity index (χ1n) is 6.94. The normalized spacial score (nSPS) is 11.0. The Kier molecular flexibility index (Phi) is 7.78. The van der Waals surface area contributed by atoms with E-state index >= 15 is 0 Å². The minimum atomic E-state index is -0.422. The van der Waals surface area contributed by atoms with Gasteiger partial charge in [-0.1, -0.05) is 36.4 Å². The summed E-state index contributed by atoms with van der Waals surface area (Å²) in [5, 5.41) is 5.81. The summed E-state index contributed by atoms with van der Waals surface area (Å²) in [5.74, 6) is 0.748. The van der Waals surface area contributed by atoms with Crippen LogP contribution in [0.1, 0.15) is 18.6 Å². The molecule has 1 unspecified atom stereocenters. The van der Waals surface area contributed by atoms with E-state index in [0.29, 0.717) is 13.1 Å². The van der Waals surface area contributed by atoms with E-state index in [2.05, 4.69) is 15.6 Å². The number of carbonyl (C=O) groups excluding carboxylic acids is 1. The van der Waals surface area contributed by atoms with Crippen LogP contribution in [-0.2, 0) is 4.74 Å². The van der Waals surface area contributed by atoms with Crippen LogP contribution in [0.15, 0.2) is 54.7 Å². The lowest BCUT2D eigenvalue weighted by Crippen LogP contribution is -2.28. The summed E-state index contributed by atoms with van der Waals surface area (Å²) in [6.07, 6.45) is 0.916. The summed E-state index contributed by atoms with van der Waals surface area (Å²) in [6.45, 7) is 2.84. The topological polar surface area (TPSA) is 63.2 Å². The van der Waals surface area contributed by atoms with Gasteiger partial charge in [0.25, 0.3) is 0 Å². The molecular formula is C16H20ClN3O2. The molecule has 1 amide bonds. The molecule has 1 aromatic carbocycles. The van der Waals surface area contributed by atoms with Crippen molar-refractivity contribution >= 4 is 24.3 Å². The fraction of sp³-hybridized carbons (Fsp3) is 0.250. The molecule has 2 aromatic rings. The predicted molar refractivity (Wildman–Crippen MR) is 89.3 cm³/mol. The molecule has 2 rings (SSSR count). The van der Waals surface area contributed by atoms with Gasteiger partial charge in [0.1, 0.15) is 11.9 Å². The molecule has 5 nitrogen and oxygen atoms in total. The monoisotopic (exact) mass is 321 g/mol. The first-order valence-corrected chi connectivity index (χ1v) is 6.94. The van der Waals surface area contributed by atoms with Crippen LogP contribution in [0.3, 0.4) is 0 Å². The molecule has 0 bridgehead atoms. The van der Waals surface area contributed by atoms with Gasteiger partial charge in [-0.05, 0) is 24.6 Å². The van der Waals surface area contributed by atoms with E-state index in [-0.39, 0.29) is 18.5 Å². The summed E-state index contributed by atoms with van der Waals surface area (Å²) < 4.78 is 5.46. The summed E-state index contributed by atoms with van der Waals surface area (Å²) in [6, 6.07) is 15.3. The van der Waals surface area contributed by atoms with Crippen LogP contribution in [0, 0.1) is 0 Å². The highest BCUT2D eigenvalue weighted by Crippen LogP contribution is 2.18. The number of halogens is 1. The highest BCUT2D eigenvalue weighted by molar-refractivity contribution is 5.85. The molecule has 118 valence electrons. The molecule has 1 aromatic heterocycles. The second-order valence-corrected chi connectivity index (χ2v) is 4.43. The Labute approximate surface area is 136 Å². The van der Waals surface area contributed by atoms with Crippen LogP contribution in [0.4, 0.5) is 10.6 Å². The summed E-state index contributed by atoms with van der Waals surface area (Å²) in [7, 11) is 0.